The minimum absolute atomic E-state index is 0.706. The predicted octanol–water partition coefficient (Wildman–Crippen LogP) is 13.9. The van der Waals surface area contributed by atoms with Crippen molar-refractivity contribution in [2.24, 2.45) is 0 Å². The molecule has 2 heteroatoms. The molecule has 0 bridgehead atoms. The third-order valence-electron chi connectivity index (χ3n) is 10.5. The van der Waals surface area contributed by atoms with Gasteiger partial charge in [0.25, 0.3) is 0 Å². The lowest BCUT2D eigenvalue weighted by atomic mass is 9.86. The van der Waals surface area contributed by atoms with E-state index in [1.54, 1.807) is 0 Å². The van der Waals surface area contributed by atoms with Gasteiger partial charge in [-0.1, -0.05) is 194 Å². The van der Waals surface area contributed by atoms with Crippen LogP contribution in [0.25, 0.3) is 99.6 Å². The van der Waals surface area contributed by atoms with Crippen LogP contribution >= 0.6 is 0 Å². The summed E-state index contributed by atoms with van der Waals surface area (Å²) in [7, 11) is 0. The topological polar surface area (TPSA) is 25.8 Å². The molecule has 9 aromatic carbocycles. The molecule has 0 spiro atoms. The molecule has 54 heavy (non-hydrogen) atoms. The molecule has 0 aliphatic heterocycles. The van der Waals surface area contributed by atoms with Gasteiger partial charge in [-0.2, -0.15) is 0 Å². The summed E-state index contributed by atoms with van der Waals surface area (Å²) < 4.78 is 0. The number of nitrogens with zero attached hydrogens (tertiary/aromatic N) is 2. The monoisotopic (exact) mass is 686 g/mol. The summed E-state index contributed by atoms with van der Waals surface area (Å²) in [6, 6.07) is 73.5. The highest BCUT2D eigenvalue weighted by atomic mass is 14.9. The number of rotatable bonds is 6. The number of fused-ring (bicyclic) bond motifs is 6. The summed E-state index contributed by atoms with van der Waals surface area (Å²) in [6.07, 6.45) is 0. The van der Waals surface area contributed by atoms with E-state index < -0.39 is 0 Å². The fourth-order valence-corrected chi connectivity index (χ4v) is 8.00. The molecule has 0 aliphatic rings. The smallest absolute Gasteiger partial charge is 0.160 e. The first-order valence-corrected chi connectivity index (χ1v) is 18.4. The van der Waals surface area contributed by atoms with Crippen molar-refractivity contribution in [1.82, 2.24) is 9.97 Å². The van der Waals surface area contributed by atoms with Crippen LogP contribution in [0.3, 0.4) is 0 Å². The van der Waals surface area contributed by atoms with Crippen molar-refractivity contribution >= 4 is 32.3 Å². The van der Waals surface area contributed by atoms with Crippen LogP contribution in [-0.4, -0.2) is 9.97 Å². The normalized spacial score (nSPS) is 11.3. The van der Waals surface area contributed by atoms with Gasteiger partial charge in [-0.25, -0.2) is 9.97 Å². The predicted molar refractivity (Wildman–Crippen MR) is 227 cm³/mol. The van der Waals surface area contributed by atoms with E-state index in [2.05, 4.69) is 182 Å². The molecular formula is C52H34N2. The van der Waals surface area contributed by atoms with Crippen LogP contribution in [0.4, 0.5) is 0 Å². The lowest BCUT2D eigenvalue weighted by molar-refractivity contribution is 1.18. The summed E-state index contributed by atoms with van der Waals surface area (Å²) in [6.45, 7) is 0. The summed E-state index contributed by atoms with van der Waals surface area (Å²) in [5.41, 5.74) is 11.9. The van der Waals surface area contributed by atoms with Gasteiger partial charge in [0.1, 0.15) is 0 Å². The van der Waals surface area contributed by atoms with Gasteiger partial charge in [0.2, 0.25) is 0 Å². The molecule has 0 amide bonds. The van der Waals surface area contributed by atoms with Gasteiger partial charge in [-0.3, -0.25) is 0 Å². The molecule has 0 N–H and O–H groups in total. The molecule has 0 saturated carbocycles. The van der Waals surface area contributed by atoms with E-state index in [4.69, 9.17) is 9.97 Å². The lowest BCUT2D eigenvalue weighted by Gasteiger charge is -2.18. The molecule has 0 aliphatic carbocycles. The Morgan fingerprint density at radius 1 is 0.222 bits per heavy atom. The molecule has 0 saturated heterocycles. The van der Waals surface area contributed by atoms with E-state index in [1.807, 2.05) is 24.3 Å². The first-order chi connectivity index (χ1) is 26.8. The zero-order valence-electron chi connectivity index (χ0n) is 29.5. The first kappa shape index (κ1) is 31.6. The summed E-state index contributed by atoms with van der Waals surface area (Å²) in [4.78, 5) is 10.3. The Bertz CT molecular complexity index is 2890. The Labute approximate surface area is 314 Å². The Hall–Kier alpha value is -7.16. The molecule has 252 valence electrons. The molecule has 10 aromatic rings. The Morgan fingerprint density at radius 3 is 1.19 bits per heavy atom. The van der Waals surface area contributed by atoms with Crippen LogP contribution in [0, 0.1) is 0 Å². The minimum atomic E-state index is 0.706. The van der Waals surface area contributed by atoms with Gasteiger partial charge in [0, 0.05) is 16.7 Å². The van der Waals surface area contributed by atoms with Crippen LogP contribution in [0.15, 0.2) is 206 Å². The molecule has 0 unspecified atom stereocenters. The van der Waals surface area contributed by atoms with Crippen LogP contribution in [0.5, 0.6) is 0 Å². The van der Waals surface area contributed by atoms with Crippen LogP contribution in [0.1, 0.15) is 0 Å². The SMILES string of the molecule is c1ccc(-c2cc(-c3ccccc3-c3ccccc3-c3ccccc3-c3ccc4c5ccccc5c5ccccc5c4c3)nc(-c3ccccc3)n2)cc1. The van der Waals surface area contributed by atoms with Gasteiger partial charge >= 0.3 is 0 Å². The van der Waals surface area contributed by atoms with Crippen molar-refractivity contribution in [3.05, 3.63) is 206 Å². The quantitative estimate of drug-likeness (QED) is 0.163. The van der Waals surface area contributed by atoms with Crippen LogP contribution in [-0.2, 0) is 0 Å². The van der Waals surface area contributed by atoms with Crippen molar-refractivity contribution in [2.75, 3.05) is 0 Å². The molecule has 1 heterocycles. The van der Waals surface area contributed by atoms with E-state index in [0.717, 1.165) is 39.2 Å². The second kappa shape index (κ2) is 13.4. The first-order valence-electron chi connectivity index (χ1n) is 18.4. The fourth-order valence-electron chi connectivity index (χ4n) is 8.00. The summed E-state index contributed by atoms with van der Waals surface area (Å²) in [5, 5.41) is 7.66. The zero-order valence-corrected chi connectivity index (χ0v) is 29.5. The number of benzene rings is 9. The second-order valence-corrected chi connectivity index (χ2v) is 13.7. The van der Waals surface area contributed by atoms with Crippen molar-refractivity contribution in [3.63, 3.8) is 0 Å². The maximum Gasteiger partial charge on any atom is 0.160 e. The van der Waals surface area contributed by atoms with E-state index in [1.165, 1.54) is 54.6 Å². The van der Waals surface area contributed by atoms with Gasteiger partial charge in [-0.05, 0) is 77.8 Å². The van der Waals surface area contributed by atoms with E-state index in [-0.39, 0.29) is 0 Å². The average Bonchev–Trinajstić information content (AvgIpc) is 3.27. The minimum Gasteiger partial charge on any atom is -0.228 e. The van der Waals surface area contributed by atoms with Gasteiger partial charge < -0.3 is 0 Å². The van der Waals surface area contributed by atoms with Crippen molar-refractivity contribution in [1.29, 1.82) is 0 Å². The van der Waals surface area contributed by atoms with Gasteiger partial charge in [0.15, 0.2) is 5.82 Å². The molecule has 0 radical (unpaired) electrons. The zero-order chi connectivity index (χ0) is 35.8. The van der Waals surface area contributed by atoms with Crippen molar-refractivity contribution in [2.45, 2.75) is 0 Å². The van der Waals surface area contributed by atoms with E-state index >= 15 is 0 Å². The summed E-state index contributed by atoms with van der Waals surface area (Å²) in [5.74, 6) is 0.706. The van der Waals surface area contributed by atoms with Gasteiger partial charge in [-0.15, -0.1) is 0 Å². The molecule has 10 rings (SSSR count). The Morgan fingerprint density at radius 2 is 0.611 bits per heavy atom. The van der Waals surface area contributed by atoms with E-state index in [9.17, 15) is 0 Å². The van der Waals surface area contributed by atoms with Crippen molar-refractivity contribution < 1.29 is 0 Å². The van der Waals surface area contributed by atoms with Crippen LogP contribution in [0.2, 0.25) is 0 Å². The second-order valence-electron chi connectivity index (χ2n) is 13.7. The molecule has 0 fully saturated rings. The lowest BCUT2D eigenvalue weighted by Crippen LogP contribution is -1.97. The maximum absolute atomic E-state index is 5.22. The Kier molecular flexibility index (Phi) is 7.85. The molecule has 1 aromatic heterocycles. The number of hydrogen-bond donors (Lipinski definition) is 0. The molecule has 2 nitrogen and oxygen atoms in total. The molecule has 0 atom stereocenters. The largest absolute Gasteiger partial charge is 0.228 e. The van der Waals surface area contributed by atoms with E-state index in [0.29, 0.717) is 5.82 Å². The third-order valence-corrected chi connectivity index (χ3v) is 10.5. The highest BCUT2D eigenvalue weighted by molar-refractivity contribution is 6.25. The standard InChI is InChI=1S/C52H34N2/c1-3-17-35(18-4-1)50-34-51(54-52(53-50)36-19-5-2-6-20-36)48-30-16-15-28-45(48)42-25-11-9-23-40(42)39-22-8-7-21-38(39)37-31-32-47-44-27-12-10-24-41(44)43-26-13-14-29-46(43)49(47)33-37/h1-34H. The van der Waals surface area contributed by atoms with Crippen LogP contribution < -0.4 is 0 Å². The van der Waals surface area contributed by atoms with Crippen molar-refractivity contribution in [3.8, 4) is 67.3 Å². The Balaban J connectivity index is 1.15. The fraction of sp³-hybridized carbons (Fsp3) is 0. The average molecular weight is 687 g/mol. The number of aromatic nitrogens is 2. The highest BCUT2D eigenvalue weighted by Gasteiger charge is 2.18. The highest BCUT2D eigenvalue weighted by Crippen LogP contribution is 2.43. The maximum atomic E-state index is 5.22. The van der Waals surface area contributed by atoms with Gasteiger partial charge in [0.05, 0.1) is 11.4 Å². The number of hydrogen-bond acceptors (Lipinski definition) is 2. The molecular weight excluding hydrogens is 653 g/mol. The summed E-state index contributed by atoms with van der Waals surface area (Å²) >= 11 is 0. The third kappa shape index (κ3) is 5.53.